The fourth-order valence-electron chi connectivity index (χ4n) is 9.81. The number of hydrogen-bond donors (Lipinski definition) is 3. The zero-order valence-corrected chi connectivity index (χ0v) is 49.4. The molecule has 424 valence electrons. The standard InChI is InChI=1S/C62H125N2O6P/c1-6-8-10-12-14-16-18-20-21-22-23-24-25-26-27-28-29-30-31-32-33-34-35-36-37-38-39-40-41-42-44-46-48-50-52-54-56-62(66)63-60(59-70-71(67,68)69-58-57-64(3,4)5)61(65)55-53-51-49-47-45-43-19-17-15-13-11-9-7-2/h53,55,60-61,65H,6-52,54,56-59H2,1-5H3,(H-,63,66,67,68)/p+1/b55-53+/t60-,61+/m0/s1. The van der Waals surface area contributed by atoms with Gasteiger partial charge in [0.15, 0.2) is 0 Å². The molecule has 0 saturated carbocycles. The van der Waals surface area contributed by atoms with Crippen LogP contribution in [0.1, 0.15) is 328 Å². The minimum absolute atomic E-state index is 0.0650. The first-order chi connectivity index (χ1) is 34.5. The summed E-state index contributed by atoms with van der Waals surface area (Å²) in [6, 6.07) is -0.841. The molecule has 0 bridgehead atoms. The first kappa shape index (κ1) is 70.2. The van der Waals surface area contributed by atoms with Crippen molar-refractivity contribution in [3.05, 3.63) is 12.2 Å². The van der Waals surface area contributed by atoms with E-state index in [1.54, 1.807) is 6.08 Å². The zero-order valence-electron chi connectivity index (χ0n) is 48.5. The van der Waals surface area contributed by atoms with Gasteiger partial charge in [0.2, 0.25) is 5.91 Å². The van der Waals surface area contributed by atoms with Gasteiger partial charge in [-0.2, -0.15) is 0 Å². The summed E-state index contributed by atoms with van der Waals surface area (Å²) in [5.74, 6) is -0.170. The quantitative estimate of drug-likeness (QED) is 0.0243. The summed E-state index contributed by atoms with van der Waals surface area (Å²) in [6.45, 7) is 4.86. The van der Waals surface area contributed by atoms with E-state index in [0.29, 0.717) is 17.4 Å². The van der Waals surface area contributed by atoms with Crippen LogP contribution in [0.4, 0.5) is 0 Å². The van der Waals surface area contributed by atoms with E-state index in [1.807, 2.05) is 27.2 Å². The number of aliphatic hydroxyl groups is 1. The fourth-order valence-corrected chi connectivity index (χ4v) is 10.5. The maximum atomic E-state index is 13.0. The minimum Gasteiger partial charge on any atom is -0.387 e. The third-order valence-electron chi connectivity index (χ3n) is 14.8. The second-order valence-corrected chi connectivity index (χ2v) is 24.6. The summed E-state index contributed by atoms with van der Waals surface area (Å²) in [4.78, 5) is 23.3. The first-order valence-electron chi connectivity index (χ1n) is 31.6. The van der Waals surface area contributed by atoms with E-state index in [0.717, 1.165) is 38.5 Å². The van der Waals surface area contributed by atoms with Gasteiger partial charge in [0.05, 0.1) is 39.9 Å². The summed E-state index contributed by atoms with van der Waals surface area (Å²) in [7, 11) is 1.59. The predicted molar refractivity (Wildman–Crippen MR) is 309 cm³/mol. The number of nitrogens with zero attached hydrogens (tertiary/aromatic N) is 1. The van der Waals surface area contributed by atoms with Crippen molar-refractivity contribution in [1.29, 1.82) is 0 Å². The zero-order chi connectivity index (χ0) is 52.0. The Morgan fingerprint density at radius 2 is 0.746 bits per heavy atom. The Morgan fingerprint density at radius 3 is 1.04 bits per heavy atom. The highest BCUT2D eigenvalue weighted by atomic mass is 31.2. The molecule has 0 aliphatic heterocycles. The molecule has 0 aromatic rings. The molecule has 9 heteroatoms. The lowest BCUT2D eigenvalue weighted by Gasteiger charge is -2.25. The number of likely N-dealkylation sites (N-methyl/N-ethyl adjacent to an activating group) is 1. The average Bonchev–Trinajstić information content (AvgIpc) is 3.33. The van der Waals surface area contributed by atoms with Gasteiger partial charge in [-0.25, -0.2) is 4.57 Å². The van der Waals surface area contributed by atoms with Crippen LogP contribution < -0.4 is 5.32 Å². The van der Waals surface area contributed by atoms with Crippen molar-refractivity contribution in [3.8, 4) is 0 Å². The van der Waals surface area contributed by atoms with Gasteiger partial charge in [-0.15, -0.1) is 0 Å². The van der Waals surface area contributed by atoms with Gasteiger partial charge in [0.25, 0.3) is 0 Å². The summed E-state index contributed by atoms with van der Waals surface area (Å²) < 4.78 is 23.7. The summed E-state index contributed by atoms with van der Waals surface area (Å²) in [5, 5.41) is 13.9. The topological polar surface area (TPSA) is 105 Å². The Balaban J connectivity index is 3.87. The summed E-state index contributed by atoms with van der Waals surface area (Å²) in [5.41, 5.74) is 0. The molecule has 0 spiro atoms. The van der Waals surface area contributed by atoms with Crippen LogP contribution in [0, 0.1) is 0 Å². The number of quaternary nitrogens is 1. The predicted octanol–water partition coefficient (Wildman–Crippen LogP) is 19.4. The molecule has 0 aromatic heterocycles. The third kappa shape index (κ3) is 56.8. The number of allylic oxidation sites excluding steroid dienone is 1. The van der Waals surface area contributed by atoms with Gasteiger partial charge in [-0.1, -0.05) is 315 Å². The van der Waals surface area contributed by atoms with E-state index in [4.69, 9.17) is 9.05 Å². The van der Waals surface area contributed by atoms with E-state index in [1.165, 1.54) is 270 Å². The number of carbonyl (C=O) groups excluding carboxylic acids is 1. The highest BCUT2D eigenvalue weighted by Crippen LogP contribution is 2.43. The maximum Gasteiger partial charge on any atom is 0.472 e. The lowest BCUT2D eigenvalue weighted by molar-refractivity contribution is -0.870. The number of unbranched alkanes of at least 4 members (excludes halogenated alkanes) is 46. The number of hydrogen-bond acceptors (Lipinski definition) is 5. The molecule has 0 saturated heterocycles. The molecule has 0 heterocycles. The number of aliphatic hydroxyl groups excluding tert-OH is 1. The molecule has 3 N–H and O–H groups in total. The number of nitrogens with one attached hydrogen (secondary N) is 1. The largest absolute Gasteiger partial charge is 0.472 e. The van der Waals surface area contributed by atoms with Crippen molar-refractivity contribution >= 4 is 13.7 Å². The van der Waals surface area contributed by atoms with Crippen LogP contribution in [0.5, 0.6) is 0 Å². The third-order valence-corrected chi connectivity index (χ3v) is 15.7. The highest BCUT2D eigenvalue weighted by Gasteiger charge is 2.28. The summed E-state index contributed by atoms with van der Waals surface area (Å²) in [6.07, 6.45) is 67.8. The van der Waals surface area contributed by atoms with Gasteiger partial charge in [-0.05, 0) is 19.3 Å². The number of rotatable bonds is 59. The van der Waals surface area contributed by atoms with E-state index in [2.05, 4.69) is 19.2 Å². The molecule has 0 aliphatic carbocycles. The van der Waals surface area contributed by atoms with Crippen LogP contribution in [0.2, 0.25) is 0 Å². The molecule has 0 rings (SSSR count). The molecular formula is C62H126N2O6P+. The van der Waals surface area contributed by atoms with E-state index in [-0.39, 0.29) is 19.1 Å². The number of phosphoric ester groups is 1. The van der Waals surface area contributed by atoms with E-state index < -0.39 is 20.0 Å². The Kier molecular flexibility index (Phi) is 53.5. The highest BCUT2D eigenvalue weighted by molar-refractivity contribution is 7.47. The molecule has 0 aliphatic rings. The molecule has 0 radical (unpaired) electrons. The van der Waals surface area contributed by atoms with Crippen LogP contribution in [-0.2, 0) is 18.4 Å². The van der Waals surface area contributed by atoms with E-state index in [9.17, 15) is 19.4 Å². The number of amides is 1. The monoisotopic (exact) mass is 1030 g/mol. The molecule has 3 atom stereocenters. The molecule has 71 heavy (non-hydrogen) atoms. The minimum atomic E-state index is -4.34. The SMILES string of the molecule is CCCCCCCCCCCCC/C=C/[C@@H](O)[C@H](COP(=O)(O)OCC[N+](C)(C)C)NC(=O)CCCCCCCCCCCCCCCCCCCCCCCCCCCCCCCCCCCCCC. The van der Waals surface area contributed by atoms with Crippen LogP contribution in [0.25, 0.3) is 0 Å². The maximum absolute atomic E-state index is 13.0. The smallest absolute Gasteiger partial charge is 0.387 e. The van der Waals surface area contributed by atoms with Crippen LogP contribution in [0.15, 0.2) is 12.2 Å². The summed E-state index contributed by atoms with van der Waals surface area (Å²) >= 11 is 0. The van der Waals surface area contributed by atoms with Crippen molar-refractivity contribution in [2.75, 3.05) is 40.9 Å². The van der Waals surface area contributed by atoms with Crippen LogP contribution >= 0.6 is 7.82 Å². The lowest BCUT2D eigenvalue weighted by Crippen LogP contribution is -2.45. The Hall–Kier alpha value is -0.760. The Labute approximate surface area is 443 Å². The van der Waals surface area contributed by atoms with Crippen molar-refractivity contribution in [2.45, 2.75) is 341 Å². The van der Waals surface area contributed by atoms with E-state index >= 15 is 0 Å². The first-order valence-corrected chi connectivity index (χ1v) is 33.1. The molecule has 0 aromatic carbocycles. The van der Waals surface area contributed by atoms with Crippen molar-refractivity contribution in [2.24, 2.45) is 0 Å². The van der Waals surface area contributed by atoms with Gasteiger partial charge < -0.3 is 19.8 Å². The Bertz CT molecular complexity index is 1160. The number of phosphoric acid groups is 1. The normalized spacial score (nSPS) is 13.8. The molecule has 8 nitrogen and oxygen atoms in total. The molecular weight excluding hydrogens is 900 g/mol. The molecule has 0 fully saturated rings. The van der Waals surface area contributed by atoms with Gasteiger partial charge in [-0.3, -0.25) is 13.8 Å². The second-order valence-electron chi connectivity index (χ2n) is 23.2. The van der Waals surface area contributed by atoms with Gasteiger partial charge in [0, 0.05) is 6.42 Å². The van der Waals surface area contributed by atoms with Crippen molar-refractivity contribution in [3.63, 3.8) is 0 Å². The Morgan fingerprint density at radius 1 is 0.465 bits per heavy atom. The van der Waals surface area contributed by atoms with Gasteiger partial charge in [0.1, 0.15) is 13.2 Å². The lowest BCUT2D eigenvalue weighted by atomic mass is 10.0. The fraction of sp³-hybridized carbons (Fsp3) is 0.952. The van der Waals surface area contributed by atoms with Crippen LogP contribution in [0.3, 0.4) is 0 Å². The van der Waals surface area contributed by atoms with Crippen molar-refractivity contribution in [1.82, 2.24) is 5.32 Å². The van der Waals surface area contributed by atoms with Crippen LogP contribution in [-0.4, -0.2) is 73.4 Å². The molecule has 1 amide bonds. The average molecular weight is 1030 g/mol. The second kappa shape index (κ2) is 54.0. The number of carbonyl (C=O) groups is 1. The van der Waals surface area contributed by atoms with Gasteiger partial charge >= 0.3 is 7.82 Å². The molecule has 1 unspecified atom stereocenters. The van der Waals surface area contributed by atoms with Crippen molar-refractivity contribution < 1.29 is 32.9 Å².